The van der Waals surface area contributed by atoms with Gasteiger partial charge in [-0.25, -0.2) is 4.68 Å². The molecule has 7 nitrogen and oxygen atoms in total. The molecule has 0 radical (unpaired) electrons. The minimum Gasteiger partial charge on any atom is -0.301 e. The zero-order chi connectivity index (χ0) is 22.9. The quantitative estimate of drug-likeness (QED) is 0.390. The number of aromatic nitrogens is 5. The van der Waals surface area contributed by atoms with Crippen LogP contribution in [0.1, 0.15) is 12.8 Å². The number of fused-ring (bicyclic) bond motifs is 1. The van der Waals surface area contributed by atoms with Crippen molar-refractivity contribution in [1.29, 1.82) is 0 Å². The Labute approximate surface area is 197 Å². The molecule has 0 amide bonds. The molecule has 4 heterocycles. The second-order valence-electron chi connectivity index (χ2n) is 8.78. The fraction of sp³-hybridized carbons (Fsp3) is 0.222. The summed E-state index contributed by atoms with van der Waals surface area (Å²) in [5, 5.41) is 9.89. The van der Waals surface area contributed by atoms with E-state index in [1.807, 2.05) is 71.8 Å². The van der Waals surface area contributed by atoms with E-state index in [1.165, 1.54) is 25.9 Å². The molecule has 1 fully saturated rings. The van der Waals surface area contributed by atoms with Gasteiger partial charge in [-0.1, -0.05) is 12.1 Å². The summed E-state index contributed by atoms with van der Waals surface area (Å²) in [7, 11) is 0. The molecule has 0 spiro atoms. The first-order valence-electron chi connectivity index (χ1n) is 11.8. The fourth-order valence-electron chi connectivity index (χ4n) is 4.74. The summed E-state index contributed by atoms with van der Waals surface area (Å²) in [5.74, 6) is 0. The Morgan fingerprint density at radius 1 is 0.794 bits per heavy atom. The van der Waals surface area contributed by atoms with E-state index in [0.29, 0.717) is 0 Å². The Bertz CT molecular complexity index is 1470. The molecule has 1 aliphatic rings. The van der Waals surface area contributed by atoms with Crippen molar-refractivity contribution in [2.24, 2.45) is 0 Å². The van der Waals surface area contributed by atoms with Gasteiger partial charge in [0.1, 0.15) is 0 Å². The smallest absolute Gasteiger partial charge is 0.255 e. The van der Waals surface area contributed by atoms with Gasteiger partial charge in [0.15, 0.2) is 0 Å². The molecule has 6 rings (SSSR count). The van der Waals surface area contributed by atoms with Gasteiger partial charge in [0, 0.05) is 42.3 Å². The van der Waals surface area contributed by atoms with Gasteiger partial charge >= 0.3 is 0 Å². The highest BCUT2D eigenvalue weighted by Crippen LogP contribution is 2.22. The van der Waals surface area contributed by atoms with Gasteiger partial charge in [0.25, 0.3) is 5.56 Å². The highest BCUT2D eigenvalue weighted by molar-refractivity contribution is 5.81. The zero-order valence-corrected chi connectivity index (χ0v) is 18.9. The molecular weight excluding hydrogens is 424 g/mol. The van der Waals surface area contributed by atoms with Gasteiger partial charge in [-0.3, -0.25) is 14.0 Å². The van der Waals surface area contributed by atoms with Crippen molar-refractivity contribution >= 4 is 10.9 Å². The van der Waals surface area contributed by atoms with Crippen LogP contribution in [-0.2, 0) is 6.54 Å². The first-order chi connectivity index (χ1) is 16.7. The van der Waals surface area contributed by atoms with Crippen LogP contribution in [0.2, 0.25) is 0 Å². The second kappa shape index (κ2) is 8.76. The minimum absolute atomic E-state index is 0.0607. The molecule has 170 valence electrons. The molecular formula is C27H26N6O. The zero-order valence-electron chi connectivity index (χ0n) is 18.9. The summed E-state index contributed by atoms with van der Waals surface area (Å²) in [6, 6.07) is 19.7. The Balaban J connectivity index is 1.23. The molecule has 0 bridgehead atoms. The topological polar surface area (TPSA) is 60.9 Å². The summed E-state index contributed by atoms with van der Waals surface area (Å²) < 4.78 is 5.56. The monoisotopic (exact) mass is 450 g/mol. The van der Waals surface area contributed by atoms with Crippen molar-refractivity contribution in [3.63, 3.8) is 0 Å². The van der Waals surface area contributed by atoms with E-state index in [9.17, 15) is 4.79 Å². The number of benzene rings is 2. The normalized spacial score (nSPS) is 14.2. The minimum atomic E-state index is -0.0607. The molecule has 5 aromatic rings. The maximum absolute atomic E-state index is 13.0. The standard InChI is InChI=1S/C27H26N6O/c34-27-19-22(21-4-6-24(7-5-21)32-14-3-11-28-32)10-15-31(27)25-8-9-26-23(18-25)20-29-33(26)17-16-30-12-1-2-13-30/h3-11,14-15,18-20H,1-2,12-13,16-17H2. The Morgan fingerprint density at radius 3 is 2.38 bits per heavy atom. The number of hydrogen-bond donors (Lipinski definition) is 0. The van der Waals surface area contributed by atoms with Gasteiger partial charge in [-0.05, 0) is 79.5 Å². The summed E-state index contributed by atoms with van der Waals surface area (Å²) in [6.07, 6.45) is 10.00. The van der Waals surface area contributed by atoms with E-state index >= 15 is 0 Å². The Morgan fingerprint density at radius 2 is 1.62 bits per heavy atom. The maximum Gasteiger partial charge on any atom is 0.255 e. The summed E-state index contributed by atoms with van der Waals surface area (Å²) in [5.41, 5.74) is 4.76. The van der Waals surface area contributed by atoms with Crippen LogP contribution in [-0.4, -0.2) is 48.7 Å². The average molecular weight is 451 g/mol. The average Bonchev–Trinajstić information content (AvgIpc) is 3.65. The van der Waals surface area contributed by atoms with Crippen LogP contribution < -0.4 is 5.56 Å². The molecule has 1 aliphatic heterocycles. The fourth-order valence-corrected chi connectivity index (χ4v) is 4.74. The SMILES string of the molecule is O=c1cc(-c2ccc(-n3cccn3)cc2)ccn1-c1ccc2c(cnn2CCN2CCCC2)c1. The first kappa shape index (κ1) is 20.6. The molecule has 7 heteroatoms. The molecule has 0 aliphatic carbocycles. The lowest BCUT2D eigenvalue weighted by atomic mass is 10.1. The summed E-state index contributed by atoms with van der Waals surface area (Å²) in [4.78, 5) is 15.5. The highest BCUT2D eigenvalue weighted by atomic mass is 16.1. The molecule has 34 heavy (non-hydrogen) atoms. The van der Waals surface area contributed by atoms with Crippen molar-refractivity contribution in [1.82, 2.24) is 29.0 Å². The summed E-state index contributed by atoms with van der Waals surface area (Å²) in [6.45, 7) is 4.30. The van der Waals surface area contributed by atoms with Crippen molar-refractivity contribution in [2.75, 3.05) is 19.6 Å². The molecule has 0 N–H and O–H groups in total. The van der Waals surface area contributed by atoms with Crippen LogP contribution in [0.25, 0.3) is 33.4 Å². The molecule has 3 aromatic heterocycles. The van der Waals surface area contributed by atoms with E-state index in [0.717, 1.165) is 46.5 Å². The van der Waals surface area contributed by atoms with E-state index in [1.54, 1.807) is 16.8 Å². The first-order valence-corrected chi connectivity index (χ1v) is 11.8. The third-order valence-electron chi connectivity index (χ3n) is 6.62. The molecule has 0 unspecified atom stereocenters. The van der Waals surface area contributed by atoms with Crippen LogP contribution in [0, 0.1) is 0 Å². The van der Waals surface area contributed by atoms with Gasteiger partial charge in [-0.2, -0.15) is 10.2 Å². The second-order valence-corrected chi connectivity index (χ2v) is 8.78. The lowest BCUT2D eigenvalue weighted by Gasteiger charge is -2.14. The van der Waals surface area contributed by atoms with E-state index in [-0.39, 0.29) is 5.56 Å². The van der Waals surface area contributed by atoms with Gasteiger partial charge in [0.05, 0.1) is 23.9 Å². The predicted octanol–water partition coefficient (Wildman–Crippen LogP) is 4.14. The number of hydrogen-bond acceptors (Lipinski definition) is 4. The largest absolute Gasteiger partial charge is 0.301 e. The van der Waals surface area contributed by atoms with Crippen LogP contribution in [0.15, 0.2) is 90.2 Å². The van der Waals surface area contributed by atoms with Crippen molar-refractivity contribution in [3.05, 3.63) is 95.8 Å². The molecule has 2 aromatic carbocycles. The molecule has 1 saturated heterocycles. The van der Waals surface area contributed by atoms with Crippen LogP contribution in [0.5, 0.6) is 0 Å². The van der Waals surface area contributed by atoms with Gasteiger partial charge < -0.3 is 4.90 Å². The van der Waals surface area contributed by atoms with Gasteiger partial charge in [0.2, 0.25) is 0 Å². The van der Waals surface area contributed by atoms with Crippen molar-refractivity contribution < 1.29 is 0 Å². The third kappa shape index (κ3) is 3.95. The van der Waals surface area contributed by atoms with E-state index in [2.05, 4.69) is 25.8 Å². The van der Waals surface area contributed by atoms with Gasteiger partial charge in [-0.15, -0.1) is 0 Å². The van der Waals surface area contributed by atoms with E-state index in [4.69, 9.17) is 0 Å². The lowest BCUT2D eigenvalue weighted by molar-refractivity contribution is 0.318. The summed E-state index contributed by atoms with van der Waals surface area (Å²) >= 11 is 0. The lowest BCUT2D eigenvalue weighted by Crippen LogP contribution is -2.24. The van der Waals surface area contributed by atoms with Crippen LogP contribution >= 0.6 is 0 Å². The Hall–Kier alpha value is -3.97. The van der Waals surface area contributed by atoms with Crippen molar-refractivity contribution in [3.8, 4) is 22.5 Å². The number of likely N-dealkylation sites (tertiary alicyclic amines) is 1. The van der Waals surface area contributed by atoms with Crippen LogP contribution in [0.4, 0.5) is 0 Å². The highest BCUT2D eigenvalue weighted by Gasteiger charge is 2.12. The maximum atomic E-state index is 13.0. The van der Waals surface area contributed by atoms with Crippen molar-refractivity contribution in [2.45, 2.75) is 19.4 Å². The number of pyridine rings is 1. The molecule has 0 atom stereocenters. The molecule has 0 saturated carbocycles. The third-order valence-corrected chi connectivity index (χ3v) is 6.62. The number of nitrogens with zero attached hydrogens (tertiary/aromatic N) is 6. The predicted molar refractivity (Wildman–Crippen MR) is 134 cm³/mol. The Kier molecular flexibility index (Phi) is 5.31. The van der Waals surface area contributed by atoms with E-state index < -0.39 is 0 Å². The van der Waals surface area contributed by atoms with Crippen LogP contribution in [0.3, 0.4) is 0 Å². The number of rotatable bonds is 6.